The lowest BCUT2D eigenvalue weighted by Crippen LogP contribution is -1.93. The number of aromatic nitrogens is 4. The van der Waals surface area contributed by atoms with Crippen LogP contribution in [0.3, 0.4) is 0 Å². The molecule has 0 aliphatic carbocycles. The van der Waals surface area contributed by atoms with Crippen LogP contribution in [0.5, 0.6) is 0 Å². The second kappa shape index (κ2) is 6.87. The van der Waals surface area contributed by atoms with Crippen LogP contribution in [0, 0.1) is 11.3 Å². The molecule has 2 N–H and O–H groups in total. The van der Waals surface area contributed by atoms with Gasteiger partial charge in [0.05, 0.1) is 0 Å². The summed E-state index contributed by atoms with van der Waals surface area (Å²) in [5.41, 5.74) is 3.49. The van der Waals surface area contributed by atoms with Crippen LogP contribution in [0.15, 0.2) is 72.9 Å². The molecule has 0 bridgehead atoms. The van der Waals surface area contributed by atoms with E-state index in [4.69, 9.17) is 0 Å². The Morgan fingerprint density at radius 2 is 1.81 bits per heavy atom. The summed E-state index contributed by atoms with van der Waals surface area (Å²) < 4.78 is 0. The first-order chi connectivity index (χ1) is 12.8. The van der Waals surface area contributed by atoms with Crippen LogP contribution < -0.4 is 5.32 Å². The lowest BCUT2D eigenvalue weighted by Gasteiger charge is -2.08. The Morgan fingerprint density at radius 1 is 1.00 bits per heavy atom. The van der Waals surface area contributed by atoms with Crippen LogP contribution in [0.4, 0.5) is 5.69 Å². The van der Waals surface area contributed by atoms with Gasteiger partial charge in [-0.2, -0.15) is 10.5 Å². The maximum atomic E-state index is 9.19. The monoisotopic (exact) mass is 338 g/mol. The van der Waals surface area contributed by atoms with E-state index in [2.05, 4.69) is 68.4 Å². The predicted octanol–water partition coefficient (Wildman–Crippen LogP) is 4.00. The van der Waals surface area contributed by atoms with Gasteiger partial charge >= 0.3 is 0 Å². The summed E-state index contributed by atoms with van der Waals surface area (Å²) in [4.78, 5) is 0. The van der Waals surface area contributed by atoms with E-state index in [1.165, 1.54) is 16.3 Å². The van der Waals surface area contributed by atoms with Gasteiger partial charge in [0.15, 0.2) is 0 Å². The zero-order valence-corrected chi connectivity index (χ0v) is 13.7. The first-order valence-electron chi connectivity index (χ1n) is 8.04. The molecule has 0 saturated carbocycles. The Labute approximate surface area is 149 Å². The third-order valence-electron chi connectivity index (χ3n) is 4.08. The SMILES string of the molecule is N#CC(=CNc1ccc(-c2cccc3ccccc23)cc1)c1nn[nH]n1. The second-order valence-electron chi connectivity index (χ2n) is 5.65. The molecular formula is C20H14N6. The number of fused-ring (bicyclic) bond motifs is 1. The Balaban J connectivity index is 1.60. The maximum Gasteiger partial charge on any atom is 0.216 e. The molecule has 0 radical (unpaired) electrons. The number of H-pyrrole nitrogens is 1. The zero-order valence-electron chi connectivity index (χ0n) is 13.7. The molecule has 0 atom stereocenters. The van der Waals surface area contributed by atoms with Crippen molar-refractivity contribution in [3.05, 3.63) is 78.8 Å². The molecule has 1 heterocycles. The van der Waals surface area contributed by atoms with E-state index in [0.29, 0.717) is 5.57 Å². The van der Waals surface area contributed by atoms with Crippen LogP contribution >= 0.6 is 0 Å². The lowest BCUT2D eigenvalue weighted by molar-refractivity contribution is 0.881. The quantitative estimate of drug-likeness (QED) is 0.549. The number of benzene rings is 3. The van der Waals surface area contributed by atoms with Gasteiger partial charge in [-0.15, -0.1) is 10.2 Å². The Morgan fingerprint density at radius 3 is 2.58 bits per heavy atom. The van der Waals surface area contributed by atoms with E-state index >= 15 is 0 Å². The number of rotatable bonds is 4. The number of anilines is 1. The highest BCUT2D eigenvalue weighted by Crippen LogP contribution is 2.29. The smallest absolute Gasteiger partial charge is 0.216 e. The molecule has 0 aliphatic rings. The standard InChI is InChI=1S/C20H14N6/c21-12-16(20-23-25-26-24-20)13-22-17-10-8-15(9-11-17)19-7-3-5-14-4-1-2-6-18(14)19/h1-11,13,22H,(H,23,24,25,26). The largest absolute Gasteiger partial charge is 0.360 e. The molecule has 4 aromatic rings. The van der Waals surface area contributed by atoms with Crippen LogP contribution in [-0.4, -0.2) is 20.6 Å². The Bertz CT molecular complexity index is 1100. The number of nitrogens with zero attached hydrogens (tertiary/aromatic N) is 4. The van der Waals surface area contributed by atoms with Crippen molar-refractivity contribution in [2.45, 2.75) is 0 Å². The molecular weight excluding hydrogens is 324 g/mol. The number of tetrazole rings is 1. The van der Waals surface area contributed by atoms with Crippen molar-refractivity contribution in [2.75, 3.05) is 5.32 Å². The average Bonchev–Trinajstić information content (AvgIpc) is 3.23. The van der Waals surface area contributed by atoms with Crippen molar-refractivity contribution in [1.82, 2.24) is 20.6 Å². The van der Waals surface area contributed by atoms with Crippen LogP contribution in [-0.2, 0) is 0 Å². The number of aromatic amines is 1. The van der Waals surface area contributed by atoms with Gasteiger partial charge in [-0.1, -0.05) is 54.6 Å². The van der Waals surface area contributed by atoms with E-state index in [-0.39, 0.29) is 5.82 Å². The van der Waals surface area contributed by atoms with E-state index in [1.54, 1.807) is 6.20 Å². The summed E-state index contributed by atoms with van der Waals surface area (Å²) in [7, 11) is 0. The van der Waals surface area contributed by atoms with Crippen molar-refractivity contribution in [3.63, 3.8) is 0 Å². The van der Waals surface area contributed by atoms with E-state index in [9.17, 15) is 5.26 Å². The lowest BCUT2D eigenvalue weighted by atomic mass is 9.98. The molecule has 0 amide bonds. The number of nitrogens with one attached hydrogen (secondary N) is 2. The zero-order chi connectivity index (χ0) is 17.8. The first kappa shape index (κ1) is 15.5. The van der Waals surface area contributed by atoms with Gasteiger partial charge in [0, 0.05) is 11.9 Å². The second-order valence-corrected chi connectivity index (χ2v) is 5.65. The third kappa shape index (κ3) is 3.01. The fourth-order valence-corrected chi connectivity index (χ4v) is 2.80. The molecule has 6 heteroatoms. The molecule has 3 aromatic carbocycles. The van der Waals surface area contributed by atoms with E-state index in [0.717, 1.165) is 11.3 Å². The first-order valence-corrected chi connectivity index (χ1v) is 8.04. The van der Waals surface area contributed by atoms with Crippen LogP contribution in [0.25, 0.3) is 27.5 Å². The highest BCUT2D eigenvalue weighted by molar-refractivity contribution is 5.96. The van der Waals surface area contributed by atoms with Crippen molar-refractivity contribution in [2.24, 2.45) is 0 Å². The molecule has 0 aliphatic heterocycles. The van der Waals surface area contributed by atoms with Gasteiger partial charge in [0.2, 0.25) is 5.82 Å². The molecule has 4 rings (SSSR count). The minimum Gasteiger partial charge on any atom is -0.360 e. The normalized spacial score (nSPS) is 11.3. The summed E-state index contributed by atoms with van der Waals surface area (Å²) in [6.45, 7) is 0. The summed E-state index contributed by atoms with van der Waals surface area (Å²) in [5.74, 6) is 0.257. The van der Waals surface area contributed by atoms with Crippen molar-refractivity contribution < 1.29 is 0 Å². The minimum absolute atomic E-state index is 0.257. The Kier molecular flexibility index (Phi) is 4.11. The summed E-state index contributed by atoms with van der Waals surface area (Å²) in [6, 6.07) is 24.7. The van der Waals surface area contributed by atoms with Crippen molar-refractivity contribution in [3.8, 4) is 17.2 Å². The van der Waals surface area contributed by atoms with Crippen molar-refractivity contribution >= 4 is 22.0 Å². The van der Waals surface area contributed by atoms with Gasteiger partial charge in [0.1, 0.15) is 11.6 Å². The van der Waals surface area contributed by atoms with Gasteiger partial charge in [0.25, 0.3) is 0 Å². The van der Waals surface area contributed by atoms with E-state index in [1.807, 2.05) is 30.3 Å². The topological polar surface area (TPSA) is 90.3 Å². The van der Waals surface area contributed by atoms with Gasteiger partial charge < -0.3 is 5.32 Å². The fourth-order valence-electron chi connectivity index (χ4n) is 2.80. The molecule has 0 spiro atoms. The highest BCUT2D eigenvalue weighted by atomic mass is 15.5. The van der Waals surface area contributed by atoms with E-state index < -0.39 is 0 Å². The molecule has 6 nitrogen and oxygen atoms in total. The molecule has 26 heavy (non-hydrogen) atoms. The fraction of sp³-hybridized carbons (Fsp3) is 0. The summed E-state index contributed by atoms with van der Waals surface area (Å²) >= 11 is 0. The van der Waals surface area contributed by atoms with Gasteiger partial charge in [-0.3, -0.25) is 0 Å². The minimum atomic E-state index is 0.257. The third-order valence-corrected chi connectivity index (χ3v) is 4.08. The maximum absolute atomic E-state index is 9.19. The molecule has 1 aromatic heterocycles. The number of allylic oxidation sites excluding steroid dienone is 1. The average molecular weight is 338 g/mol. The highest BCUT2D eigenvalue weighted by Gasteiger charge is 2.06. The molecule has 124 valence electrons. The predicted molar refractivity (Wildman–Crippen MR) is 101 cm³/mol. The van der Waals surface area contributed by atoms with Crippen LogP contribution in [0.1, 0.15) is 5.82 Å². The summed E-state index contributed by atoms with van der Waals surface area (Å²) in [5, 5.41) is 28.1. The molecule has 0 unspecified atom stereocenters. The molecule has 0 fully saturated rings. The van der Waals surface area contributed by atoms with Crippen LogP contribution in [0.2, 0.25) is 0 Å². The van der Waals surface area contributed by atoms with Gasteiger partial charge in [-0.05, 0) is 39.2 Å². The summed E-state index contributed by atoms with van der Waals surface area (Å²) in [6.07, 6.45) is 1.57. The number of nitriles is 1. The van der Waals surface area contributed by atoms with Crippen molar-refractivity contribution in [1.29, 1.82) is 5.26 Å². The Hall–Kier alpha value is -3.98. The number of hydrogen-bond acceptors (Lipinski definition) is 5. The molecule has 0 saturated heterocycles. The number of hydrogen-bond donors (Lipinski definition) is 2. The van der Waals surface area contributed by atoms with Gasteiger partial charge in [-0.25, -0.2) is 0 Å².